The second kappa shape index (κ2) is 4.88. The molecule has 0 amide bonds. The number of aromatic nitrogens is 2. The van der Waals surface area contributed by atoms with Gasteiger partial charge in [-0.1, -0.05) is 0 Å². The minimum Gasteiger partial charge on any atom is -0.377 e. The molecule has 98 valence electrons. The monoisotopic (exact) mass is 255 g/mol. The summed E-state index contributed by atoms with van der Waals surface area (Å²) >= 11 is 0. The maximum Gasteiger partial charge on any atom is 0.248 e. The Balaban J connectivity index is 1.92. The molecule has 0 saturated heterocycles. The summed E-state index contributed by atoms with van der Waals surface area (Å²) in [6.45, 7) is 2.00. The molecular weight excluding hydrogens is 238 g/mol. The van der Waals surface area contributed by atoms with Gasteiger partial charge in [-0.3, -0.25) is 9.78 Å². The van der Waals surface area contributed by atoms with Gasteiger partial charge in [-0.05, 0) is 49.9 Å². The van der Waals surface area contributed by atoms with E-state index >= 15 is 0 Å². The second-order valence-corrected chi connectivity index (χ2v) is 4.98. The molecule has 3 rings (SSSR count). The van der Waals surface area contributed by atoms with Crippen molar-refractivity contribution in [3.05, 3.63) is 57.8 Å². The van der Waals surface area contributed by atoms with E-state index < -0.39 is 0 Å². The molecule has 1 atom stereocenters. The molecular formula is C15H17N3O. The number of aromatic amines is 1. The van der Waals surface area contributed by atoms with Gasteiger partial charge in [0.25, 0.3) is 0 Å². The molecule has 2 aromatic heterocycles. The highest BCUT2D eigenvalue weighted by atomic mass is 16.1. The van der Waals surface area contributed by atoms with E-state index in [1.54, 1.807) is 12.3 Å². The number of nitrogens with one attached hydrogen (secondary N) is 2. The van der Waals surface area contributed by atoms with E-state index in [0.29, 0.717) is 0 Å². The molecule has 0 bridgehead atoms. The van der Waals surface area contributed by atoms with Gasteiger partial charge < -0.3 is 10.3 Å². The van der Waals surface area contributed by atoms with Crippen LogP contribution < -0.4 is 10.9 Å². The molecule has 2 heterocycles. The van der Waals surface area contributed by atoms with Gasteiger partial charge in [0, 0.05) is 18.0 Å². The van der Waals surface area contributed by atoms with Crippen molar-refractivity contribution in [2.75, 3.05) is 5.32 Å². The van der Waals surface area contributed by atoms with Crippen molar-refractivity contribution in [1.82, 2.24) is 9.97 Å². The fourth-order valence-corrected chi connectivity index (χ4v) is 2.67. The van der Waals surface area contributed by atoms with E-state index in [1.165, 1.54) is 5.56 Å². The quantitative estimate of drug-likeness (QED) is 0.867. The van der Waals surface area contributed by atoms with Crippen LogP contribution in [-0.2, 0) is 6.42 Å². The smallest absolute Gasteiger partial charge is 0.248 e. The van der Waals surface area contributed by atoms with Gasteiger partial charge >= 0.3 is 0 Å². The number of fused-ring (bicyclic) bond motifs is 1. The number of nitrogens with zero attached hydrogens (tertiary/aromatic N) is 1. The Labute approximate surface area is 111 Å². The van der Waals surface area contributed by atoms with Crippen LogP contribution in [0.2, 0.25) is 0 Å². The van der Waals surface area contributed by atoms with Gasteiger partial charge in [0.1, 0.15) is 0 Å². The number of hydrogen-bond donors (Lipinski definition) is 2. The maximum atomic E-state index is 11.4. The van der Waals surface area contributed by atoms with Crippen molar-refractivity contribution in [2.45, 2.75) is 32.2 Å². The summed E-state index contributed by atoms with van der Waals surface area (Å²) in [5, 5.41) is 3.54. The Morgan fingerprint density at radius 1 is 1.37 bits per heavy atom. The van der Waals surface area contributed by atoms with Gasteiger partial charge in [0.15, 0.2) is 0 Å². The van der Waals surface area contributed by atoms with E-state index in [1.807, 2.05) is 25.1 Å². The van der Waals surface area contributed by atoms with Crippen LogP contribution in [-0.4, -0.2) is 9.97 Å². The van der Waals surface area contributed by atoms with Gasteiger partial charge in [-0.2, -0.15) is 0 Å². The van der Waals surface area contributed by atoms with Crippen LogP contribution in [0.25, 0.3) is 0 Å². The normalized spacial score (nSPS) is 17.8. The summed E-state index contributed by atoms with van der Waals surface area (Å²) in [6.07, 6.45) is 4.92. The largest absolute Gasteiger partial charge is 0.377 e. The van der Waals surface area contributed by atoms with Crippen LogP contribution in [0.1, 0.15) is 35.8 Å². The van der Waals surface area contributed by atoms with E-state index in [-0.39, 0.29) is 11.6 Å². The molecule has 4 nitrogen and oxygen atoms in total. The Morgan fingerprint density at radius 2 is 2.26 bits per heavy atom. The fraction of sp³-hybridized carbons (Fsp3) is 0.333. The van der Waals surface area contributed by atoms with Crippen LogP contribution >= 0.6 is 0 Å². The Hall–Kier alpha value is -2.10. The molecule has 2 aromatic rings. The van der Waals surface area contributed by atoms with Gasteiger partial charge in [0.05, 0.1) is 17.4 Å². The lowest BCUT2D eigenvalue weighted by molar-refractivity contribution is 0.586. The number of H-pyrrole nitrogens is 1. The first-order chi connectivity index (χ1) is 9.24. The topological polar surface area (TPSA) is 57.8 Å². The molecule has 0 spiro atoms. The summed E-state index contributed by atoms with van der Waals surface area (Å²) in [6, 6.07) is 7.78. The highest BCUT2D eigenvalue weighted by molar-refractivity contribution is 5.49. The first kappa shape index (κ1) is 12.0. The minimum atomic E-state index is -0.0167. The van der Waals surface area contributed by atoms with Crippen molar-refractivity contribution in [1.29, 1.82) is 0 Å². The lowest BCUT2D eigenvalue weighted by Crippen LogP contribution is -2.22. The van der Waals surface area contributed by atoms with Crippen molar-refractivity contribution in [2.24, 2.45) is 0 Å². The highest BCUT2D eigenvalue weighted by Gasteiger charge is 2.21. The third-order valence-electron chi connectivity index (χ3n) is 3.67. The van der Waals surface area contributed by atoms with Crippen molar-refractivity contribution < 1.29 is 0 Å². The zero-order chi connectivity index (χ0) is 13.2. The summed E-state index contributed by atoms with van der Waals surface area (Å²) < 4.78 is 0. The van der Waals surface area contributed by atoms with Crippen LogP contribution in [0.3, 0.4) is 0 Å². The van der Waals surface area contributed by atoms with Gasteiger partial charge in [-0.25, -0.2) is 0 Å². The number of rotatable bonds is 2. The molecule has 0 saturated carbocycles. The highest BCUT2D eigenvalue weighted by Crippen LogP contribution is 2.31. The molecule has 1 aliphatic rings. The number of anilines is 1. The molecule has 0 radical (unpaired) electrons. The summed E-state index contributed by atoms with van der Waals surface area (Å²) in [4.78, 5) is 18.6. The Kier molecular flexibility index (Phi) is 3.07. The van der Waals surface area contributed by atoms with E-state index in [0.717, 1.165) is 36.3 Å². The van der Waals surface area contributed by atoms with E-state index in [2.05, 4.69) is 15.3 Å². The number of pyridine rings is 2. The molecule has 0 aromatic carbocycles. The first-order valence-electron chi connectivity index (χ1n) is 6.64. The summed E-state index contributed by atoms with van der Waals surface area (Å²) in [7, 11) is 0. The molecule has 0 fully saturated rings. The van der Waals surface area contributed by atoms with Crippen molar-refractivity contribution in [3.63, 3.8) is 0 Å². The average Bonchev–Trinajstić information content (AvgIpc) is 2.41. The van der Waals surface area contributed by atoms with Gasteiger partial charge in [-0.15, -0.1) is 0 Å². The molecule has 1 aliphatic carbocycles. The van der Waals surface area contributed by atoms with Crippen LogP contribution in [0, 0.1) is 6.92 Å². The third kappa shape index (κ3) is 2.38. The number of hydrogen-bond acceptors (Lipinski definition) is 3. The number of aryl methyl sites for hydroxylation is 2. The Bertz CT molecular complexity index is 648. The second-order valence-electron chi connectivity index (χ2n) is 4.98. The molecule has 2 N–H and O–H groups in total. The zero-order valence-electron chi connectivity index (χ0n) is 10.9. The zero-order valence-corrected chi connectivity index (χ0v) is 10.9. The van der Waals surface area contributed by atoms with Crippen LogP contribution in [0.4, 0.5) is 5.69 Å². The predicted octanol–water partition coefficient (Wildman–Crippen LogP) is 2.57. The fourth-order valence-electron chi connectivity index (χ4n) is 2.67. The van der Waals surface area contributed by atoms with Gasteiger partial charge in [0.2, 0.25) is 5.56 Å². The van der Waals surface area contributed by atoms with E-state index in [9.17, 15) is 4.79 Å². The standard InChI is InChI=1S/C15H17N3O/c1-10-12(6-3-9-16-10)17-13-4-2-5-14-11(13)7-8-15(19)18-14/h3,6-9,13,17H,2,4-5H2,1H3,(H,18,19). The van der Waals surface area contributed by atoms with Crippen molar-refractivity contribution >= 4 is 5.69 Å². The predicted molar refractivity (Wildman–Crippen MR) is 75.3 cm³/mol. The van der Waals surface area contributed by atoms with Crippen LogP contribution in [0.5, 0.6) is 0 Å². The van der Waals surface area contributed by atoms with Crippen LogP contribution in [0.15, 0.2) is 35.3 Å². The van der Waals surface area contributed by atoms with E-state index in [4.69, 9.17) is 0 Å². The SMILES string of the molecule is Cc1ncccc1NC1CCCc2[nH]c(=O)ccc21. The van der Waals surface area contributed by atoms with Crippen molar-refractivity contribution in [3.8, 4) is 0 Å². The lowest BCUT2D eigenvalue weighted by Gasteiger charge is -2.27. The molecule has 0 aliphatic heterocycles. The molecule has 19 heavy (non-hydrogen) atoms. The summed E-state index contributed by atoms with van der Waals surface area (Å²) in [5.74, 6) is 0. The first-order valence-corrected chi connectivity index (χ1v) is 6.64. The third-order valence-corrected chi connectivity index (χ3v) is 3.67. The Morgan fingerprint density at radius 3 is 3.11 bits per heavy atom. The molecule has 1 unspecified atom stereocenters. The average molecular weight is 255 g/mol. The lowest BCUT2D eigenvalue weighted by atomic mass is 9.91. The molecule has 4 heteroatoms. The summed E-state index contributed by atoms with van der Waals surface area (Å²) in [5.41, 5.74) is 4.31. The maximum absolute atomic E-state index is 11.4. The minimum absolute atomic E-state index is 0.0167.